The van der Waals surface area contributed by atoms with Gasteiger partial charge in [0.15, 0.2) is 0 Å². The third-order valence-corrected chi connectivity index (χ3v) is 7.12. The number of hydrogen-bond acceptors (Lipinski definition) is 6. The fraction of sp³-hybridized carbons (Fsp3) is 0.522. The molecule has 3 rings (SSSR count). The van der Waals surface area contributed by atoms with Crippen molar-refractivity contribution in [3.05, 3.63) is 40.8 Å². The van der Waals surface area contributed by atoms with Crippen LogP contribution >= 0.6 is 23.4 Å². The first-order valence-electron chi connectivity index (χ1n) is 10.5. The van der Waals surface area contributed by atoms with Crippen molar-refractivity contribution in [1.29, 1.82) is 0 Å². The van der Waals surface area contributed by atoms with Gasteiger partial charge in [-0.05, 0) is 72.4 Å². The Balaban J connectivity index is 1.63. The summed E-state index contributed by atoms with van der Waals surface area (Å²) in [4.78, 5) is 22.5. The zero-order valence-corrected chi connectivity index (χ0v) is 20.4. The van der Waals surface area contributed by atoms with Crippen LogP contribution in [0.15, 0.2) is 34.3 Å². The summed E-state index contributed by atoms with van der Waals surface area (Å²) < 4.78 is 5.42. The maximum Gasteiger partial charge on any atom is 0.408 e. The molecule has 8 heteroatoms. The number of aromatic nitrogens is 2. The molecule has 1 aromatic heterocycles. The van der Waals surface area contributed by atoms with Crippen LogP contribution in [0, 0.1) is 6.92 Å². The van der Waals surface area contributed by atoms with Crippen LogP contribution < -0.4 is 11.1 Å². The number of nitrogen functional groups attached to an aromatic ring is 1. The van der Waals surface area contributed by atoms with Crippen molar-refractivity contribution >= 4 is 35.1 Å². The molecule has 0 atom stereocenters. The number of hydrogen-bond donors (Lipinski definition) is 2. The second-order valence-corrected chi connectivity index (χ2v) is 10.8. The Morgan fingerprint density at radius 1 is 1.32 bits per heavy atom. The number of alkyl carbamates (subject to hydrolysis) is 1. The van der Waals surface area contributed by atoms with Crippen LogP contribution in [0.4, 0.5) is 10.5 Å². The van der Waals surface area contributed by atoms with Crippen LogP contribution in [0.1, 0.15) is 70.7 Å². The topological polar surface area (TPSA) is 90.1 Å². The zero-order valence-electron chi connectivity index (χ0n) is 18.8. The van der Waals surface area contributed by atoms with E-state index in [1.165, 1.54) is 11.8 Å². The molecule has 1 aromatic carbocycles. The van der Waals surface area contributed by atoms with Crippen molar-refractivity contribution in [2.75, 3.05) is 5.73 Å². The molecule has 1 heterocycles. The molecule has 1 aliphatic rings. The maximum absolute atomic E-state index is 12.2. The number of carbonyl (C=O) groups is 1. The van der Waals surface area contributed by atoms with E-state index >= 15 is 0 Å². The monoisotopic (exact) mass is 462 g/mol. The SMILES string of the molecule is Cc1nc(C2CCC(C)(NC(=O)OC(C)(C)C)CC2)cnc1Sc1cccc(N)c1Cl. The van der Waals surface area contributed by atoms with Gasteiger partial charge < -0.3 is 15.8 Å². The summed E-state index contributed by atoms with van der Waals surface area (Å²) in [5.41, 5.74) is 7.57. The van der Waals surface area contributed by atoms with Gasteiger partial charge in [-0.2, -0.15) is 0 Å². The number of amides is 1. The molecular formula is C23H31ClN4O2S. The Labute approximate surface area is 193 Å². The highest BCUT2D eigenvalue weighted by Gasteiger charge is 2.35. The summed E-state index contributed by atoms with van der Waals surface area (Å²) in [6.07, 6.45) is 5.12. The molecule has 0 radical (unpaired) electrons. The molecule has 2 aromatic rings. The average molecular weight is 463 g/mol. The van der Waals surface area contributed by atoms with Gasteiger partial charge in [0.1, 0.15) is 10.6 Å². The van der Waals surface area contributed by atoms with Crippen LogP contribution in [0.5, 0.6) is 0 Å². The van der Waals surface area contributed by atoms with Crippen LogP contribution in [0.2, 0.25) is 5.02 Å². The van der Waals surface area contributed by atoms with Gasteiger partial charge in [-0.3, -0.25) is 4.98 Å². The van der Waals surface area contributed by atoms with E-state index in [1.807, 2.05) is 46.0 Å². The number of aryl methyl sites for hydroxylation is 1. The molecule has 0 spiro atoms. The lowest BCUT2D eigenvalue weighted by Gasteiger charge is -2.38. The number of ether oxygens (including phenoxy) is 1. The lowest BCUT2D eigenvalue weighted by molar-refractivity contribution is 0.0434. The molecular weight excluding hydrogens is 432 g/mol. The maximum atomic E-state index is 12.2. The normalized spacial score (nSPS) is 21.5. The first-order chi connectivity index (χ1) is 14.5. The minimum absolute atomic E-state index is 0.263. The molecule has 168 valence electrons. The number of nitrogens with two attached hydrogens (primary N) is 1. The Bertz CT molecular complexity index is 953. The minimum Gasteiger partial charge on any atom is -0.444 e. The average Bonchev–Trinajstić information content (AvgIpc) is 2.65. The molecule has 1 amide bonds. The fourth-order valence-electron chi connectivity index (χ4n) is 3.72. The largest absolute Gasteiger partial charge is 0.444 e. The number of nitrogens with one attached hydrogen (secondary N) is 1. The van der Waals surface area contributed by atoms with Crippen LogP contribution in [0.25, 0.3) is 0 Å². The van der Waals surface area contributed by atoms with E-state index in [0.717, 1.165) is 47.0 Å². The van der Waals surface area contributed by atoms with E-state index in [4.69, 9.17) is 27.1 Å². The van der Waals surface area contributed by atoms with Gasteiger partial charge in [-0.15, -0.1) is 0 Å². The van der Waals surface area contributed by atoms with E-state index < -0.39 is 5.60 Å². The van der Waals surface area contributed by atoms with E-state index in [0.29, 0.717) is 16.6 Å². The highest BCUT2D eigenvalue weighted by Crippen LogP contribution is 2.39. The number of rotatable bonds is 4. The fourth-order valence-corrected chi connectivity index (χ4v) is 4.82. The molecule has 1 saturated carbocycles. The summed E-state index contributed by atoms with van der Waals surface area (Å²) in [6, 6.07) is 5.59. The summed E-state index contributed by atoms with van der Waals surface area (Å²) in [7, 11) is 0. The predicted octanol–water partition coefficient (Wildman–Crippen LogP) is 6.11. The van der Waals surface area contributed by atoms with Crippen molar-refractivity contribution < 1.29 is 9.53 Å². The summed E-state index contributed by atoms with van der Waals surface area (Å²) >= 11 is 7.79. The number of nitrogens with zero attached hydrogens (tertiary/aromatic N) is 2. The van der Waals surface area contributed by atoms with Gasteiger partial charge in [0, 0.05) is 16.4 Å². The summed E-state index contributed by atoms with van der Waals surface area (Å²) in [5, 5.41) is 4.42. The Morgan fingerprint density at radius 3 is 2.61 bits per heavy atom. The molecule has 0 saturated heterocycles. The molecule has 6 nitrogen and oxygen atoms in total. The van der Waals surface area contributed by atoms with Crippen LogP contribution in [-0.4, -0.2) is 27.2 Å². The summed E-state index contributed by atoms with van der Waals surface area (Å²) in [6.45, 7) is 9.66. The van der Waals surface area contributed by atoms with Crippen molar-refractivity contribution in [3.8, 4) is 0 Å². The third-order valence-electron chi connectivity index (χ3n) is 5.43. The van der Waals surface area contributed by atoms with Crippen molar-refractivity contribution in [1.82, 2.24) is 15.3 Å². The second-order valence-electron chi connectivity index (χ2n) is 9.41. The van der Waals surface area contributed by atoms with Crippen molar-refractivity contribution in [2.45, 2.75) is 87.3 Å². The van der Waals surface area contributed by atoms with Gasteiger partial charge in [0.05, 0.1) is 28.3 Å². The number of carbonyl (C=O) groups excluding carboxylic acids is 1. The number of halogens is 1. The number of benzene rings is 1. The Kier molecular flexibility index (Phi) is 7.06. The molecule has 3 N–H and O–H groups in total. The van der Waals surface area contributed by atoms with Gasteiger partial charge in [-0.25, -0.2) is 9.78 Å². The first kappa shape index (κ1) is 23.7. The van der Waals surface area contributed by atoms with Crippen LogP contribution in [-0.2, 0) is 4.74 Å². The minimum atomic E-state index is -0.500. The molecule has 0 bridgehead atoms. The van der Waals surface area contributed by atoms with Gasteiger partial charge >= 0.3 is 6.09 Å². The van der Waals surface area contributed by atoms with Crippen molar-refractivity contribution in [3.63, 3.8) is 0 Å². The lowest BCUT2D eigenvalue weighted by atomic mass is 9.76. The van der Waals surface area contributed by atoms with Crippen molar-refractivity contribution in [2.24, 2.45) is 0 Å². The molecule has 1 fully saturated rings. The zero-order chi connectivity index (χ0) is 22.8. The lowest BCUT2D eigenvalue weighted by Crippen LogP contribution is -2.49. The van der Waals surface area contributed by atoms with E-state index in [9.17, 15) is 4.79 Å². The number of anilines is 1. The highest BCUT2D eigenvalue weighted by atomic mass is 35.5. The van der Waals surface area contributed by atoms with E-state index in [1.54, 1.807) is 6.07 Å². The van der Waals surface area contributed by atoms with E-state index in [-0.39, 0.29) is 11.6 Å². The third kappa shape index (κ3) is 6.26. The quantitative estimate of drug-likeness (QED) is 0.532. The first-order valence-corrected chi connectivity index (χ1v) is 11.7. The predicted molar refractivity (Wildman–Crippen MR) is 126 cm³/mol. The van der Waals surface area contributed by atoms with E-state index in [2.05, 4.69) is 17.2 Å². The Morgan fingerprint density at radius 2 is 2.00 bits per heavy atom. The van der Waals surface area contributed by atoms with Gasteiger partial charge in [0.2, 0.25) is 0 Å². The van der Waals surface area contributed by atoms with Crippen LogP contribution in [0.3, 0.4) is 0 Å². The standard InChI is InChI=1S/C23H31ClN4O2S/c1-14-20(31-18-8-6-7-16(25)19(18)24)26-13-17(27-14)15-9-11-23(5,12-10-15)28-21(29)30-22(2,3)4/h6-8,13,15H,9-12,25H2,1-5H3,(H,28,29). The molecule has 0 unspecified atom stereocenters. The Hall–Kier alpha value is -1.99. The molecule has 1 aliphatic carbocycles. The summed E-state index contributed by atoms with van der Waals surface area (Å²) in [5.74, 6) is 0.328. The smallest absolute Gasteiger partial charge is 0.408 e. The van der Waals surface area contributed by atoms with Gasteiger partial charge in [-0.1, -0.05) is 29.4 Å². The van der Waals surface area contributed by atoms with Gasteiger partial charge in [0.25, 0.3) is 0 Å². The molecule has 0 aliphatic heterocycles. The highest BCUT2D eigenvalue weighted by molar-refractivity contribution is 7.99. The second kappa shape index (κ2) is 9.25. The molecule has 31 heavy (non-hydrogen) atoms.